The maximum absolute atomic E-state index is 12.9. The summed E-state index contributed by atoms with van der Waals surface area (Å²) in [6.07, 6.45) is -3.45. The monoisotopic (exact) mass is 368 g/mol. The lowest BCUT2D eigenvalue weighted by molar-refractivity contribution is -0.385. The van der Waals surface area contributed by atoms with Crippen molar-refractivity contribution in [1.82, 2.24) is 0 Å². The summed E-state index contributed by atoms with van der Waals surface area (Å²) in [5.74, 6) is -0.560. The van der Waals surface area contributed by atoms with Crippen LogP contribution in [0.2, 0.25) is 0 Å². The van der Waals surface area contributed by atoms with Crippen LogP contribution in [0.3, 0.4) is 0 Å². The Labute approximate surface area is 126 Å². The number of amides is 1. The van der Waals surface area contributed by atoms with Gasteiger partial charge in [0.15, 0.2) is 0 Å². The number of carbonyl (C=O) groups excluding carboxylic acids is 1. The molecule has 0 heterocycles. The number of non-ortho nitro benzene ring substituents is 1. The molecule has 9 heteroatoms. The Morgan fingerprint density at radius 3 is 2.52 bits per heavy atom. The van der Waals surface area contributed by atoms with Crippen LogP contribution in [0.5, 0.6) is 0 Å². The van der Waals surface area contributed by atoms with Crippen LogP contribution in [-0.4, -0.2) is 16.2 Å². The molecule has 1 aromatic carbocycles. The molecule has 1 N–H and O–H groups in total. The number of nitrogens with zero attached hydrogens (tertiary/aromatic N) is 1. The molecular formula is C12H12BrF3N2O3. The Kier molecular flexibility index (Phi) is 6.13. The van der Waals surface area contributed by atoms with Crippen molar-refractivity contribution in [3.63, 3.8) is 0 Å². The Morgan fingerprint density at radius 1 is 1.33 bits per heavy atom. The number of rotatable bonds is 6. The van der Waals surface area contributed by atoms with Crippen LogP contribution in [0, 0.1) is 10.1 Å². The normalized spacial score (nSPS) is 11.2. The highest BCUT2D eigenvalue weighted by molar-refractivity contribution is 9.09. The molecule has 0 saturated heterocycles. The summed E-state index contributed by atoms with van der Waals surface area (Å²) >= 11 is 3.18. The fourth-order valence-corrected chi connectivity index (χ4v) is 1.98. The van der Waals surface area contributed by atoms with Crippen LogP contribution in [-0.2, 0) is 11.0 Å². The quantitative estimate of drug-likeness (QED) is 0.355. The number of alkyl halides is 4. The van der Waals surface area contributed by atoms with Crippen molar-refractivity contribution in [2.75, 3.05) is 10.6 Å². The van der Waals surface area contributed by atoms with E-state index in [9.17, 15) is 28.1 Å². The van der Waals surface area contributed by atoms with Gasteiger partial charge in [0.2, 0.25) is 5.91 Å². The summed E-state index contributed by atoms with van der Waals surface area (Å²) in [7, 11) is 0. The summed E-state index contributed by atoms with van der Waals surface area (Å²) in [6.45, 7) is 0. The van der Waals surface area contributed by atoms with E-state index >= 15 is 0 Å². The number of nitro benzene ring substituents is 1. The smallest absolute Gasteiger partial charge is 0.325 e. The molecule has 1 rings (SSSR count). The molecular weight excluding hydrogens is 357 g/mol. The Morgan fingerprint density at radius 2 is 2.00 bits per heavy atom. The molecule has 5 nitrogen and oxygen atoms in total. The number of hydrogen-bond donors (Lipinski definition) is 1. The number of anilines is 1. The summed E-state index contributed by atoms with van der Waals surface area (Å²) in [6, 6.07) is 2.22. The highest BCUT2D eigenvalue weighted by Gasteiger charge is 2.35. The van der Waals surface area contributed by atoms with Crippen LogP contribution >= 0.6 is 15.9 Å². The van der Waals surface area contributed by atoms with Crippen LogP contribution in [0.4, 0.5) is 24.5 Å². The number of nitro groups is 1. The van der Waals surface area contributed by atoms with Crippen LogP contribution in [0.15, 0.2) is 18.2 Å². The van der Waals surface area contributed by atoms with Gasteiger partial charge in [-0.25, -0.2) is 0 Å². The molecule has 0 bridgehead atoms. The van der Waals surface area contributed by atoms with Gasteiger partial charge in [0.1, 0.15) is 0 Å². The Balaban J connectivity index is 2.96. The van der Waals surface area contributed by atoms with E-state index in [-0.39, 0.29) is 6.42 Å². The minimum Gasteiger partial charge on any atom is -0.325 e. The van der Waals surface area contributed by atoms with E-state index in [1.165, 1.54) is 0 Å². The zero-order valence-electron chi connectivity index (χ0n) is 10.7. The molecule has 0 fully saturated rings. The van der Waals surface area contributed by atoms with Gasteiger partial charge in [0, 0.05) is 23.9 Å². The van der Waals surface area contributed by atoms with Gasteiger partial charge in [-0.2, -0.15) is 13.2 Å². The second-order valence-electron chi connectivity index (χ2n) is 4.18. The van der Waals surface area contributed by atoms with E-state index < -0.39 is 33.9 Å². The lowest BCUT2D eigenvalue weighted by Gasteiger charge is -2.13. The maximum Gasteiger partial charge on any atom is 0.418 e. The summed E-state index contributed by atoms with van der Waals surface area (Å²) in [4.78, 5) is 21.2. The molecule has 0 aliphatic heterocycles. The largest absolute Gasteiger partial charge is 0.418 e. The first-order valence-corrected chi connectivity index (χ1v) is 7.09. The summed E-state index contributed by atoms with van der Waals surface area (Å²) < 4.78 is 38.6. The average Bonchev–Trinajstić information content (AvgIpc) is 2.37. The molecule has 0 unspecified atom stereocenters. The van der Waals surface area contributed by atoms with Crippen LogP contribution in [0.1, 0.15) is 24.8 Å². The predicted octanol–water partition coefficient (Wildman–Crippen LogP) is 4.12. The molecule has 0 radical (unpaired) electrons. The highest BCUT2D eigenvalue weighted by atomic mass is 79.9. The van der Waals surface area contributed by atoms with E-state index in [1.54, 1.807) is 0 Å². The van der Waals surface area contributed by atoms with Crippen molar-refractivity contribution < 1.29 is 22.9 Å². The van der Waals surface area contributed by atoms with E-state index in [0.29, 0.717) is 17.8 Å². The maximum atomic E-state index is 12.9. The van der Waals surface area contributed by atoms with Gasteiger partial charge in [-0.15, -0.1) is 0 Å². The summed E-state index contributed by atoms with van der Waals surface area (Å²) in [5.41, 5.74) is -2.39. The number of benzene rings is 1. The second-order valence-corrected chi connectivity index (χ2v) is 4.97. The Hall–Kier alpha value is -1.64. The summed E-state index contributed by atoms with van der Waals surface area (Å²) in [5, 5.41) is 13.4. The standard InChI is InChI=1S/C12H12BrF3N2O3/c13-6-2-1-3-11(19)17-10-5-4-8(18(20)21)7-9(10)12(14,15)16/h4-5,7H,1-3,6H2,(H,17,19). The van der Waals surface area contributed by atoms with Crippen molar-refractivity contribution in [2.45, 2.75) is 25.4 Å². The number of hydrogen-bond acceptors (Lipinski definition) is 3. The molecule has 21 heavy (non-hydrogen) atoms. The first-order valence-electron chi connectivity index (χ1n) is 5.97. The number of unbranched alkanes of at least 4 members (excludes halogenated alkanes) is 1. The molecule has 0 atom stereocenters. The van der Waals surface area contributed by atoms with Crippen molar-refractivity contribution in [2.24, 2.45) is 0 Å². The fourth-order valence-electron chi connectivity index (χ4n) is 1.58. The molecule has 1 amide bonds. The zero-order valence-corrected chi connectivity index (χ0v) is 12.3. The predicted molar refractivity (Wildman–Crippen MR) is 74.4 cm³/mol. The number of halogens is 4. The highest BCUT2D eigenvalue weighted by Crippen LogP contribution is 2.37. The van der Waals surface area contributed by atoms with Gasteiger partial charge in [0.05, 0.1) is 16.2 Å². The minimum atomic E-state index is -4.79. The van der Waals surface area contributed by atoms with Crippen molar-refractivity contribution in [3.05, 3.63) is 33.9 Å². The van der Waals surface area contributed by atoms with E-state index in [4.69, 9.17) is 0 Å². The van der Waals surface area contributed by atoms with Gasteiger partial charge in [-0.05, 0) is 18.9 Å². The molecule has 0 aromatic heterocycles. The van der Waals surface area contributed by atoms with Crippen LogP contribution in [0.25, 0.3) is 0 Å². The average molecular weight is 369 g/mol. The number of carbonyl (C=O) groups is 1. The van der Waals surface area contributed by atoms with Crippen molar-refractivity contribution in [3.8, 4) is 0 Å². The molecule has 116 valence electrons. The lowest BCUT2D eigenvalue weighted by atomic mass is 10.1. The lowest BCUT2D eigenvalue weighted by Crippen LogP contribution is -2.16. The van der Waals surface area contributed by atoms with Crippen LogP contribution < -0.4 is 5.32 Å². The zero-order chi connectivity index (χ0) is 16.0. The van der Waals surface area contributed by atoms with Gasteiger partial charge in [0.25, 0.3) is 5.69 Å². The van der Waals surface area contributed by atoms with Gasteiger partial charge >= 0.3 is 6.18 Å². The fraction of sp³-hybridized carbons (Fsp3) is 0.417. The SMILES string of the molecule is O=C(CCCCBr)Nc1ccc([N+](=O)[O-])cc1C(F)(F)F. The molecule has 0 saturated carbocycles. The van der Waals surface area contributed by atoms with Gasteiger partial charge < -0.3 is 5.32 Å². The van der Waals surface area contributed by atoms with Crippen molar-refractivity contribution in [1.29, 1.82) is 0 Å². The third kappa shape index (κ3) is 5.33. The third-order valence-electron chi connectivity index (χ3n) is 2.58. The minimum absolute atomic E-state index is 0.0832. The molecule has 0 aliphatic rings. The van der Waals surface area contributed by atoms with E-state index in [2.05, 4.69) is 21.2 Å². The number of nitrogens with one attached hydrogen (secondary N) is 1. The molecule has 0 spiro atoms. The Bertz CT molecular complexity index is 535. The first-order chi connectivity index (χ1) is 9.75. The molecule has 0 aliphatic carbocycles. The van der Waals surface area contributed by atoms with Crippen molar-refractivity contribution >= 4 is 33.2 Å². The van der Waals surface area contributed by atoms with E-state index in [0.717, 1.165) is 18.6 Å². The van der Waals surface area contributed by atoms with Gasteiger partial charge in [-0.3, -0.25) is 14.9 Å². The topological polar surface area (TPSA) is 72.2 Å². The first kappa shape index (κ1) is 17.4. The third-order valence-corrected chi connectivity index (χ3v) is 3.14. The second kappa shape index (κ2) is 7.39. The molecule has 1 aromatic rings. The van der Waals surface area contributed by atoms with E-state index in [1.807, 2.05) is 0 Å². The van der Waals surface area contributed by atoms with Gasteiger partial charge in [-0.1, -0.05) is 15.9 Å².